The zero-order valence-corrected chi connectivity index (χ0v) is 12.0. The predicted molar refractivity (Wildman–Crippen MR) is 76.7 cm³/mol. The summed E-state index contributed by atoms with van der Waals surface area (Å²) >= 11 is 6.14. The highest BCUT2D eigenvalue weighted by Crippen LogP contribution is 2.33. The molecule has 1 heterocycles. The molecule has 0 aromatic heterocycles. The van der Waals surface area contributed by atoms with E-state index >= 15 is 0 Å². The van der Waals surface area contributed by atoms with Gasteiger partial charge in [0.2, 0.25) is 0 Å². The highest BCUT2D eigenvalue weighted by atomic mass is 35.5. The summed E-state index contributed by atoms with van der Waals surface area (Å²) in [6, 6.07) is 4.08. The molecule has 1 aliphatic rings. The molecule has 1 aliphatic heterocycles. The number of ether oxygens (including phenoxy) is 1. The number of halogens is 1. The summed E-state index contributed by atoms with van der Waals surface area (Å²) in [6.07, 6.45) is 3.16. The summed E-state index contributed by atoms with van der Waals surface area (Å²) < 4.78 is 5.70. The van der Waals surface area contributed by atoms with Gasteiger partial charge in [0, 0.05) is 11.4 Å². The van der Waals surface area contributed by atoms with E-state index in [9.17, 15) is 0 Å². The number of hydrogen-bond donors (Lipinski definition) is 1. The van der Waals surface area contributed by atoms with Gasteiger partial charge in [0.1, 0.15) is 5.75 Å². The van der Waals surface area contributed by atoms with Gasteiger partial charge in [-0.1, -0.05) is 25.4 Å². The summed E-state index contributed by atoms with van der Waals surface area (Å²) in [4.78, 5) is 0. The molecule has 3 heteroatoms. The van der Waals surface area contributed by atoms with Gasteiger partial charge in [-0.15, -0.1) is 0 Å². The molecule has 0 bridgehead atoms. The first-order valence-electron chi connectivity index (χ1n) is 6.81. The van der Waals surface area contributed by atoms with Crippen molar-refractivity contribution < 1.29 is 4.74 Å². The van der Waals surface area contributed by atoms with Crippen LogP contribution < -0.4 is 10.1 Å². The highest BCUT2D eigenvalue weighted by Gasteiger charge is 2.17. The second-order valence-corrected chi connectivity index (χ2v) is 5.79. The number of nitrogens with one attached hydrogen (secondary N) is 1. The van der Waals surface area contributed by atoms with Crippen LogP contribution in [0.25, 0.3) is 0 Å². The Morgan fingerprint density at radius 1 is 1.39 bits per heavy atom. The van der Waals surface area contributed by atoms with E-state index < -0.39 is 0 Å². The van der Waals surface area contributed by atoms with Crippen LogP contribution in [-0.2, 0) is 12.8 Å². The van der Waals surface area contributed by atoms with Crippen LogP contribution in [0, 0.1) is 5.92 Å². The van der Waals surface area contributed by atoms with E-state index in [-0.39, 0.29) is 0 Å². The van der Waals surface area contributed by atoms with Gasteiger partial charge >= 0.3 is 0 Å². The molecular weight excluding hydrogens is 246 g/mol. The van der Waals surface area contributed by atoms with Crippen LogP contribution in [0.5, 0.6) is 5.75 Å². The van der Waals surface area contributed by atoms with E-state index in [1.807, 2.05) is 12.1 Å². The topological polar surface area (TPSA) is 21.3 Å². The summed E-state index contributed by atoms with van der Waals surface area (Å²) in [5.74, 6) is 1.80. The van der Waals surface area contributed by atoms with Crippen LogP contribution in [0.4, 0.5) is 0 Å². The number of benzene rings is 1. The molecule has 18 heavy (non-hydrogen) atoms. The average molecular weight is 268 g/mol. The molecule has 0 fully saturated rings. The van der Waals surface area contributed by atoms with Crippen molar-refractivity contribution in [2.75, 3.05) is 19.7 Å². The molecule has 0 radical (unpaired) electrons. The molecule has 0 aliphatic carbocycles. The van der Waals surface area contributed by atoms with Gasteiger partial charge in [-0.2, -0.15) is 0 Å². The van der Waals surface area contributed by atoms with Crippen molar-refractivity contribution in [1.82, 2.24) is 5.32 Å². The predicted octanol–water partition coefficient (Wildman–Crippen LogP) is 3.45. The Morgan fingerprint density at radius 2 is 2.22 bits per heavy atom. The average Bonchev–Trinajstić information content (AvgIpc) is 2.75. The summed E-state index contributed by atoms with van der Waals surface area (Å²) in [5.41, 5.74) is 2.54. The van der Waals surface area contributed by atoms with Crippen molar-refractivity contribution in [3.05, 3.63) is 28.3 Å². The fourth-order valence-corrected chi connectivity index (χ4v) is 2.59. The monoisotopic (exact) mass is 267 g/mol. The van der Waals surface area contributed by atoms with Gasteiger partial charge in [0.25, 0.3) is 0 Å². The second-order valence-electron chi connectivity index (χ2n) is 5.35. The quantitative estimate of drug-likeness (QED) is 0.797. The molecule has 2 nitrogen and oxygen atoms in total. The molecular formula is C15H22ClNO. The number of rotatable bonds is 6. The van der Waals surface area contributed by atoms with Crippen LogP contribution in [0.1, 0.15) is 31.4 Å². The Bertz CT molecular complexity index is 404. The minimum absolute atomic E-state index is 0.712. The van der Waals surface area contributed by atoms with Crippen molar-refractivity contribution in [2.24, 2.45) is 5.92 Å². The van der Waals surface area contributed by atoms with E-state index in [4.69, 9.17) is 16.3 Å². The Balaban J connectivity index is 1.86. The van der Waals surface area contributed by atoms with Gasteiger partial charge in [-0.3, -0.25) is 0 Å². The first-order valence-corrected chi connectivity index (χ1v) is 7.19. The first kappa shape index (κ1) is 13.7. The molecule has 0 atom stereocenters. The lowest BCUT2D eigenvalue weighted by atomic mass is 10.0. The maximum absolute atomic E-state index is 6.14. The molecule has 0 saturated carbocycles. The largest absolute Gasteiger partial charge is 0.493 e. The Kier molecular flexibility index (Phi) is 4.90. The van der Waals surface area contributed by atoms with Gasteiger partial charge in [0.05, 0.1) is 6.61 Å². The normalized spacial score (nSPS) is 13.8. The van der Waals surface area contributed by atoms with Gasteiger partial charge in [-0.05, 0) is 55.1 Å². The molecule has 2 rings (SSSR count). The van der Waals surface area contributed by atoms with E-state index in [2.05, 4.69) is 19.2 Å². The lowest BCUT2D eigenvalue weighted by Crippen LogP contribution is -2.21. The highest BCUT2D eigenvalue weighted by molar-refractivity contribution is 6.30. The zero-order valence-electron chi connectivity index (χ0n) is 11.3. The van der Waals surface area contributed by atoms with Crippen molar-refractivity contribution in [2.45, 2.75) is 33.1 Å². The fraction of sp³-hybridized carbons (Fsp3) is 0.600. The minimum Gasteiger partial charge on any atom is -0.493 e. The van der Waals surface area contributed by atoms with Gasteiger partial charge in [-0.25, -0.2) is 0 Å². The van der Waals surface area contributed by atoms with Crippen molar-refractivity contribution in [3.8, 4) is 5.75 Å². The van der Waals surface area contributed by atoms with E-state index in [0.717, 1.165) is 49.7 Å². The van der Waals surface area contributed by atoms with Gasteiger partial charge in [0.15, 0.2) is 0 Å². The maximum atomic E-state index is 6.14. The summed E-state index contributed by atoms with van der Waals surface area (Å²) in [5, 5.41) is 4.30. The Morgan fingerprint density at radius 3 is 3.00 bits per heavy atom. The van der Waals surface area contributed by atoms with Gasteiger partial charge < -0.3 is 10.1 Å². The second kappa shape index (κ2) is 6.44. The molecule has 1 N–H and O–H groups in total. The van der Waals surface area contributed by atoms with E-state index in [1.54, 1.807) is 0 Å². The van der Waals surface area contributed by atoms with Crippen LogP contribution >= 0.6 is 11.6 Å². The Hall–Kier alpha value is -0.730. The first-order chi connectivity index (χ1) is 8.66. The van der Waals surface area contributed by atoms with Crippen LogP contribution in [-0.4, -0.2) is 19.7 Å². The summed E-state index contributed by atoms with van der Waals surface area (Å²) in [7, 11) is 0. The van der Waals surface area contributed by atoms with Crippen LogP contribution in [0.3, 0.4) is 0 Å². The molecule has 0 saturated heterocycles. The molecule has 0 spiro atoms. The molecule has 0 unspecified atom stereocenters. The summed E-state index contributed by atoms with van der Waals surface area (Å²) in [6.45, 7) is 7.40. The maximum Gasteiger partial charge on any atom is 0.125 e. The SMILES string of the molecule is CC(C)CNCCCc1cc(Cl)cc2c1OCC2. The van der Waals surface area contributed by atoms with E-state index in [1.165, 1.54) is 11.1 Å². The minimum atomic E-state index is 0.712. The Labute approximate surface area is 115 Å². The fourth-order valence-electron chi connectivity index (χ4n) is 2.33. The smallest absolute Gasteiger partial charge is 0.125 e. The lowest BCUT2D eigenvalue weighted by Gasteiger charge is -2.10. The molecule has 100 valence electrons. The van der Waals surface area contributed by atoms with Crippen molar-refractivity contribution in [1.29, 1.82) is 0 Å². The lowest BCUT2D eigenvalue weighted by molar-refractivity contribution is 0.353. The number of aryl methyl sites for hydroxylation is 1. The zero-order chi connectivity index (χ0) is 13.0. The van der Waals surface area contributed by atoms with Crippen molar-refractivity contribution >= 4 is 11.6 Å². The van der Waals surface area contributed by atoms with Crippen molar-refractivity contribution in [3.63, 3.8) is 0 Å². The third-order valence-corrected chi connectivity index (χ3v) is 3.40. The number of hydrogen-bond acceptors (Lipinski definition) is 2. The molecule has 0 amide bonds. The van der Waals surface area contributed by atoms with E-state index in [0.29, 0.717) is 5.92 Å². The van der Waals surface area contributed by atoms with Crippen LogP contribution in [0.15, 0.2) is 12.1 Å². The standard InChI is InChI=1S/C15H22ClNO/c1-11(2)10-17-6-3-4-12-8-14(16)9-13-5-7-18-15(12)13/h8-9,11,17H,3-7,10H2,1-2H3. The third kappa shape index (κ3) is 3.63. The molecule has 1 aromatic rings. The molecule has 1 aromatic carbocycles. The third-order valence-electron chi connectivity index (χ3n) is 3.18. The number of fused-ring (bicyclic) bond motifs is 1. The van der Waals surface area contributed by atoms with Crippen LogP contribution in [0.2, 0.25) is 5.02 Å².